The van der Waals surface area contributed by atoms with Crippen LogP contribution in [0.2, 0.25) is 0 Å². The first-order valence-corrected chi connectivity index (χ1v) is 9.88. The molecular formula is C17H38N2O2S. The summed E-state index contributed by atoms with van der Waals surface area (Å²) in [6, 6.07) is 0. The van der Waals surface area contributed by atoms with Crippen molar-refractivity contribution in [1.29, 1.82) is 0 Å². The van der Waals surface area contributed by atoms with Gasteiger partial charge in [-0.1, -0.05) is 57.2 Å². The Kier molecular flexibility index (Phi) is 16.2. The normalized spacial score (nSPS) is 12.0. The number of hydrogen-bond donors (Lipinski definition) is 2. The van der Waals surface area contributed by atoms with Gasteiger partial charge in [-0.05, 0) is 25.1 Å². The standard InChI is InChI=1S/C17H38N2O2S/c1-4-5-6-7-8-9-10-12-17(20-2,21-3)22-16-11-14-19-15-13-18/h19H,4-16,18H2,1-3H3. The second-order valence-corrected chi connectivity index (χ2v) is 7.02. The molecule has 4 nitrogen and oxygen atoms in total. The van der Waals surface area contributed by atoms with Gasteiger partial charge in [0.05, 0.1) is 0 Å². The quantitative estimate of drug-likeness (QED) is 0.313. The first-order valence-electron chi connectivity index (χ1n) is 8.89. The molecule has 0 fully saturated rings. The lowest BCUT2D eigenvalue weighted by molar-refractivity contribution is -0.138. The van der Waals surface area contributed by atoms with Crippen LogP contribution < -0.4 is 11.1 Å². The Morgan fingerprint density at radius 2 is 1.55 bits per heavy atom. The van der Waals surface area contributed by atoms with Crippen LogP contribution in [0.25, 0.3) is 0 Å². The van der Waals surface area contributed by atoms with E-state index in [1.54, 1.807) is 26.0 Å². The zero-order chi connectivity index (χ0) is 16.5. The van der Waals surface area contributed by atoms with Crippen molar-refractivity contribution in [3.8, 4) is 0 Å². The Bertz CT molecular complexity index is 227. The minimum absolute atomic E-state index is 0.461. The molecule has 0 saturated heterocycles. The number of nitrogens with one attached hydrogen (secondary N) is 1. The number of hydrogen-bond acceptors (Lipinski definition) is 5. The highest BCUT2D eigenvalue weighted by molar-refractivity contribution is 8.00. The molecule has 5 heteroatoms. The smallest absolute Gasteiger partial charge is 0.217 e. The third-order valence-electron chi connectivity index (χ3n) is 3.85. The first kappa shape index (κ1) is 22.2. The highest BCUT2D eigenvalue weighted by Gasteiger charge is 2.29. The SMILES string of the molecule is CCCCCCCCCC(OC)(OC)SCCCNCCN. The maximum absolute atomic E-state index is 5.66. The fourth-order valence-corrected chi connectivity index (χ4v) is 3.55. The lowest BCUT2D eigenvalue weighted by Gasteiger charge is -2.30. The maximum atomic E-state index is 5.66. The average Bonchev–Trinajstić information content (AvgIpc) is 2.55. The topological polar surface area (TPSA) is 56.5 Å². The van der Waals surface area contributed by atoms with E-state index >= 15 is 0 Å². The lowest BCUT2D eigenvalue weighted by atomic mass is 10.1. The van der Waals surface area contributed by atoms with E-state index in [0.29, 0.717) is 6.54 Å². The van der Waals surface area contributed by atoms with Crippen molar-refractivity contribution >= 4 is 11.8 Å². The van der Waals surface area contributed by atoms with Crippen molar-refractivity contribution in [2.24, 2.45) is 5.73 Å². The van der Waals surface area contributed by atoms with Gasteiger partial charge < -0.3 is 20.5 Å². The largest absolute Gasteiger partial charge is 0.345 e. The van der Waals surface area contributed by atoms with Gasteiger partial charge in [-0.25, -0.2) is 0 Å². The van der Waals surface area contributed by atoms with E-state index < -0.39 is 5.12 Å². The summed E-state index contributed by atoms with van der Waals surface area (Å²) in [5, 5.41) is 2.85. The Morgan fingerprint density at radius 1 is 0.909 bits per heavy atom. The van der Waals surface area contributed by atoms with E-state index in [9.17, 15) is 0 Å². The number of ether oxygens (including phenoxy) is 2. The summed E-state index contributed by atoms with van der Waals surface area (Å²) in [4.78, 5) is 0. The van der Waals surface area contributed by atoms with Gasteiger partial charge in [0.2, 0.25) is 5.12 Å². The van der Waals surface area contributed by atoms with Gasteiger partial charge in [0.1, 0.15) is 0 Å². The van der Waals surface area contributed by atoms with Crippen LogP contribution in [0.5, 0.6) is 0 Å². The van der Waals surface area contributed by atoms with Gasteiger partial charge in [0, 0.05) is 33.7 Å². The molecule has 0 aromatic carbocycles. The summed E-state index contributed by atoms with van der Waals surface area (Å²) in [7, 11) is 3.51. The molecule has 0 aliphatic rings. The Labute approximate surface area is 142 Å². The van der Waals surface area contributed by atoms with Crippen LogP contribution >= 0.6 is 11.8 Å². The molecule has 0 aromatic rings. The van der Waals surface area contributed by atoms with Crippen LogP contribution in [-0.2, 0) is 9.47 Å². The molecule has 0 heterocycles. The molecule has 0 aromatic heterocycles. The van der Waals surface area contributed by atoms with E-state index in [0.717, 1.165) is 31.7 Å². The van der Waals surface area contributed by atoms with Crippen molar-refractivity contribution in [1.82, 2.24) is 5.32 Å². The summed E-state index contributed by atoms with van der Waals surface area (Å²) in [6.45, 7) is 4.85. The highest BCUT2D eigenvalue weighted by Crippen LogP contribution is 2.33. The molecule has 0 amide bonds. The van der Waals surface area contributed by atoms with Crippen molar-refractivity contribution < 1.29 is 9.47 Å². The van der Waals surface area contributed by atoms with E-state index in [2.05, 4.69) is 12.2 Å². The first-order chi connectivity index (χ1) is 10.7. The molecule has 22 heavy (non-hydrogen) atoms. The fraction of sp³-hybridized carbons (Fsp3) is 1.00. The highest BCUT2D eigenvalue weighted by atomic mass is 32.2. The molecule has 0 rings (SSSR count). The molecule has 3 N–H and O–H groups in total. The van der Waals surface area contributed by atoms with Gasteiger partial charge in [0.25, 0.3) is 0 Å². The molecule has 0 aliphatic carbocycles. The van der Waals surface area contributed by atoms with Crippen molar-refractivity contribution in [3.05, 3.63) is 0 Å². The van der Waals surface area contributed by atoms with Crippen LogP contribution in [0.1, 0.15) is 64.7 Å². The van der Waals surface area contributed by atoms with Crippen molar-refractivity contribution in [2.45, 2.75) is 69.8 Å². The molecule has 0 atom stereocenters. The zero-order valence-electron chi connectivity index (χ0n) is 15.0. The summed E-state index contributed by atoms with van der Waals surface area (Å²) in [5.41, 5.74) is 5.45. The Hall–Kier alpha value is 0.190. The van der Waals surface area contributed by atoms with Crippen LogP contribution in [0, 0.1) is 0 Å². The minimum atomic E-state index is -0.461. The Balaban J connectivity index is 3.76. The van der Waals surface area contributed by atoms with Crippen LogP contribution in [0.15, 0.2) is 0 Å². The second-order valence-electron chi connectivity index (χ2n) is 5.70. The monoisotopic (exact) mass is 334 g/mol. The fourth-order valence-electron chi connectivity index (χ4n) is 2.43. The van der Waals surface area contributed by atoms with Gasteiger partial charge in [0.15, 0.2) is 0 Å². The number of unbranched alkanes of at least 4 members (excludes halogenated alkanes) is 6. The molecule has 0 bridgehead atoms. The van der Waals surface area contributed by atoms with E-state index in [1.165, 1.54) is 44.9 Å². The van der Waals surface area contributed by atoms with Crippen LogP contribution in [0.3, 0.4) is 0 Å². The summed E-state index contributed by atoms with van der Waals surface area (Å²) in [5.74, 6) is 1.04. The molecule has 0 unspecified atom stereocenters. The molecule has 0 radical (unpaired) electrons. The predicted molar refractivity (Wildman–Crippen MR) is 98.4 cm³/mol. The maximum Gasteiger partial charge on any atom is 0.217 e. The molecule has 0 aliphatic heterocycles. The van der Waals surface area contributed by atoms with Crippen LogP contribution in [0.4, 0.5) is 0 Å². The van der Waals surface area contributed by atoms with Gasteiger partial charge in [-0.2, -0.15) is 0 Å². The summed E-state index contributed by atoms with van der Waals surface area (Å²) in [6.07, 6.45) is 11.3. The van der Waals surface area contributed by atoms with Crippen molar-refractivity contribution in [2.75, 3.05) is 39.6 Å². The van der Waals surface area contributed by atoms with E-state index in [1.807, 2.05) is 0 Å². The second kappa shape index (κ2) is 16.1. The Morgan fingerprint density at radius 3 is 2.14 bits per heavy atom. The van der Waals surface area contributed by atoms with E-state index in [-0.39, 0.29) is 0 Å². The number of methoxy groups -OCH3 is 2. The van der Waals surface area contributed by atoms with Gasteiger partial charge >= 0.3 is 0 Å². The molecule has 0 saturated carbocycles. The summed E-state index contributed by atoms with van der Waals surface area (Å²) >= 11 is 1.78. The van der Waals surface area contributed by atoms with Gasteiger partial charge in [-0.15, -0.1) is 0 Å². The average molecular weight is 335 g/mol. The third-order valence-corrected chi connectivity index (χ3v) is 5.32. The summed E-state index contributed by atoms with van der Waals surface area (Å²) < 4.78 is 11.3. The predicted octanol–water partition coefficient (Wildman–Crippen LogP) is 3.75. The third kappa shape index (κ3) is 11.7. The zero-order valence-corrected chi connectivity index (χ0v) is 15.8. The number of rotatable bonds is 17. The van der Waals surface area contributed by atoms with Gasteiger partial charge in [-0.3, -0.25) is 0 Å². The number of thioether (sulfide) groups is 1. The molecule has 0 spiro atoms. The lowest BCUT2D eigenvalue weighted by Crippen LogP contribution is -2.30. The molecule has 134 valence electrons. The minimum Gasteiger partial charge on any atom is -0.345 e. The van der Waals surface area contributed by atoms with Crippen molar-refractivity contribution in [3.63, 3.8) is 0 Å². The molecular weight excluding hydrogens is 296 g/mol. The van der Waals surface area contributed by atoms with Crippen LogP contribution in [-0.4, -0.2) is 44.7 Å². The van der Waals surface area contributed by atoms with E-state index in [4.69, 9.17) is 15.2 Å². The number of nitrogens with two attached hydrogens (primary N) is 1.